The molecular formula is C23H22FN7O3. The number of ether oxygens (including phenoxy) is 1. The molecule has 34 heavy (non-hydrogen) atoms. The summed E-state index contributed by atoms with van der Waals surface area (Å²) < 4.78 is 27.4. The highest BCUT2D eigenvalue weighted by Crippen LogP contribution is 2.42. The Morgan fingerprint density at radius 1 is 1.24 bits per heavy atom. The molecule has 6 rings (SSSR count). The van der Waals surface area contributed by atoms with Crippen LogP contribution in [0.15, 0.2) is 41.3 Å². The minimum atomic E-state index is -0.646. The molecule has 2 amide bonds. The number of halogens is 1. The van der Waals surface area contributed by atoms with Crippen LogP contribution in [-0.2, 0) is 10.2 Å². The zero-order valence-electron chi connectivity index (χ0n) is 18.3. The van der Waals surface area contributed by atoms with E-state index in [4.69, 9.17) is 15.0 Å². The lowest BCUT2D eigenvalue weighted by Crippen LogP contribution is -2.44. The fourth-order valence-electron chi connectivity index (χ4n) is 4.18. The van der Waals surface area contributed by atoms with E-state index < -0.39 is 11.8 Å². The Labute approximate surface area is 193 Å². The summed E-state index contributed by atoms with van der Waals surface area (Å²) in [5, 5.41) is 9.72. The zero-order valence-corrected chi connectivity index (χ0v) is 18.3. The highest BCUT2D eigenvalue weighted by atomic mass is 19.1. The fraction of sp³-hybridized carbons (Fsp3) is 0.304. The van der Waals surface area contributed by atoms with Gasteiger partial charge in [-0.2, -0.15) is 0 Å². The SMILES string of the molecule is CC1(c2cc(NC(=O)Nc3ccc(-c4cn(C5CC5)c5ncnc(N)c45)cc3F)on2)COC1. The summed E-state index contributed by atoms with van der Waals surface area (Å²) in [6.45, 7) is 3.08. The minimum absolute atomic E-state index is 0.0236. The van der Waals surface area contributed by atoms with Crippen molar-refractivity contribution in [2.75, 3.05) is 29.6 Å². The van der Waals surface area contributed by atoms with Crippen LogP contribution >= 0.6 is 0 Å². The van der Waals surface area contributed by atoms with Gasteiger partial charge in [0.25, 0.3) is 0 Å². The number of carbonyl (C=O) groups is 1. The third kappa shape index (κ3) is 3.45. The maximum absolute atomic E-state index is 15.0. The summed E-state index contributed by atoms with van der Waals surface area (Å²) in [6, 6.07) is 5.95. The van der Waals surface area contributed by atoms with E-state index in [9.17, 15) is 9.18 Å². The first-order valence-corrected chi connectivity index (χ1v) is 11.0. The number of nitrogen functional groups attached to an aromatic ring is 1. The van der Waals surface area contributed by atoms with Crippen LogP contribution in [-0.4, -0.2) is 38.9 Å². The molecule has 0 atom stereocenters. The van der Waals surface area contributed by atoms with Crippen LogP contribution in [0.4, 0.5) is 26.6 Å². The number of urea groups is 1. The first-order valence-electron chi connectivity index (χ1n) is 11.0. The van der Waals surface area contributed by atoms with Crippen LogP contribution in [0.1, 0.15) is 31.5 Å². The molecule has 2 aliphatic rings. The first kappa shape index (κ1) is 20.6. The number of amides is 2. The molecule has 4 heterocycles. The average Bonchev–Trinajstić information content (AvgIpc) is 3.39. The molecule has 1 saturated heterocycles. The third-order valence-electron chi connectivity index (χ3n) is 6.31. The molecule has 4 aromatic rings. The second-order valence-electron chi connectivity index (χ2n) is 9.04. The third-order valence-corrected chi connectivity index (χ3v) is 6.31. The molecule has 3 aromatic heterocycles. The lowest BCUT2D eigenvalue weighted by Gasteiger charge is -2.35. The number of fused-ring (bicyclic) bond motifs is 1. The normalized spacial score (nSPS) is 16.9. The molecule has 1 aromatic carbocycles. The van der Waals surface area contributed by atoms with Crippen molar-refractivity contribution < 1.29 is 18.4 Å². The monoisotopic (exact) mass is 463 g/mol. The molecule has 0 radical (unpaired) electrons. The van der Waals surface area contributed by atoms with Gasteiger partial charge in [0, 0.05) is 23.9 Å². The Kier molecular flexibility index (Phi) is 4.56. The van der Waals surface area contributed by atoms with Crippen LogP contribution in [0.25, 0.3) is 22.2 Å². The molecule has 1 saturated carbocycles. The van der Waals surface area contributed by atoms with Gasteiger partial charge in [0.05, 0.1) is 35.4 Å². The molecule has 4 N–H and O–H groups in total. The van der Waals surface area contributed by atoms with Crippen molar-refractivity contribution >= 4 is 34.5 Å². The number of hydrogen-bond donors (Lipinski definition) is 3. The van der Waals surface area contributed by atoms with E-state index in [0.717, 1.165) is 24.1 Å². The van der Waals surface area contributed by atoms with Crippen LogP contribution in [0.3, 0.4) is 0 Å². The number of benzene rings is 1. The Bertz CT molecular complexity index is 1420. The van der Waals surface area contributed by atoms with Gasteiger partial charge < -0.3 is 24.9 Å². The second-order valence-corrected chi connectivity index (χ2v) is 9.04. The van der Waals surface area contributed by atoms with Gasteiger partial charge in [-0.15, -0.1) is 0 Å². The molecule has 10 nitrogen and oxygen atoms in total. The van der Waals surface area contributed by atoms with E-state index in [0.29, 0.717) is 41.7 Å². The molecule has 0 spiro atoms. The van der Waals surface area contributed by atoms with Gasteiger partial charge in [0.15, 0.2) is 0 Å². The Balaban J connectivity index is 1.22. The van der Waals surface area contributed by atoms with Gasteiger partial charge in [0.1, 0.15) is 23.6 Å². The largest absolute Gasteiger partial charge is 0.383 e. The topological polar surface area (TPSA) is 133 Å². The van der Waals surface area contributed by atoms with Crippen molar-refractivity contribution in [3.8, 4) is 11.1 Å². The molecule has 0 bridgehead atoms. The van der Waals surface area contributed by atoms with Crippen molar-refractivity contribution in [3.63, 3.8) is 0 Å². The molecule has 11 heteroatoms. The molecule has 1 aliphatic carbocycles. The summed E-state index contributed by atoms with van der Waals surface area (Å²) in [7, 11) is 0. The summed E-state index contributed by atoms with van der Waals surface area (Å²) in [5.41, 5.74) is 8.73. The van der Waals surface area contributed by atoms with E-state index in [1.165, 1.54) is 18.5 Å². The number of nitrogens with two attached hydrogens (primary N) is 1. The Morgan fingerprint density at radius 2 is 2.06 bits per heavy atom. The number of anilines is 3. The smallest absolute Gasteiger partial charge is 0.326 e. The van der Waals surface area contributed by atoms with E-state index in [1.54, 1.807) is 12.1 Å². The van der Waals surface area contributed by atoms with Crippen LogP contribution in [0.5, 0.6) is 0 Å². The predicted octanol–water partition coefficient (Wildman–Crippen LogP) is 4.07. The average molecular weight is 463 g/mol. The van der Waals surface area contributed by atoms with Gasteiger partial charge in [-0.1, -0.05) is 11.2 Å². The van der Waals surface area contributed by atoms with E-state index in [-0.39, 0.29) is 17.0 Å². The molecule has 1 aliphatic heterocycles. The van der Waals surface area contributed by atoms with Crippen molar-refractivity contribution in [1.82, 2.24) is 19.7 Å². The maximum atomic E-state index is 15.0. The van der Waals surface area contributed by atoms with Crippen molar-refractivity contribution in [2.24, 2.45) is 0 Å². The van der Waals surface area contributed by atoms with Crippen molar-refractivity contribution in [2.45, 2.75) is 31.2 Å². The summed E-state index contributed by atoms with van der Waals surface area (Å²) in [6.07, 6.45) is 5.51. The molecule has 0 unspecified atom stereocenters. The molecule has 174 valence electrons. The van der Waals surface area contributed by atoms with Gasteiger partial charge in [-0.05, 0) is 37.5 Å². The minimum Gasteiger partial charge on any atom is -0.383 e. The van der Waals surface area contributed by atoms with E-state index in [1.807, 2.05) is 13.1 Å². The van der Waals surface area contributed by atoms with Gasteiger partial charge in [-0.25, -0.2) is 19.2 Å². The number of carbonyl (C=O) groups excluding carboxylic acids is 1. The summed E-state index contributed by atoms with van der Waals surface area (Å²) >= 11 is 0. The van der Waals surface area contributed by atoms with Crippen LogP contribution in [0.2, 0.25) is 0 Å². The maximum Gasteiger partial charge on any atom is 0.326 e. The summed E-state index contributed by atoms with van der Waals surface area (Å²) in [5.74, 6) is -0.0797. The van der Waals surface area contributed by atoms with Gasteiger partial charge in [0.2, 0.25) is 5.88 Å². The number of aromatic nitrogens is 4. The lowest BCUT2D eigenvalue weighted by atomic mass is 9.85. The number of nitrogens with one attached hydrogen (secondary N) is 2. The number of rotatable bonds is 5. The Hall–Kier alpha value is -3.99. The molecule has 2 fully saturated rings. The zero-order chi connectivity index (χ0) is 23.4. The molecular weight excluding hydrogens is 441 g/mol. The number of hydrogen-bond acceptors (Lipinski definition) is 7. The first-order chi connectivity index (χ1) is 16.4. The highest BCUT2D eigenvalue weighted by molar-refractivity contribution is 6.02. The van der Waals surface area contributed by atoms with Crippen molar-refractivity contribution in [3.05, 3.63) is 48.3 Å². The standard InChI is InChI=1S/C23H22FN7O3/c1-23(9-33-10-23)17-7-18(34-30-17)29-22(32)28-16-5-2-12(6-15(16)24)14-8-31(13-3-4-13)21-19(14)20(25)26-11-27-21/h2,5-8,11,13H,3-4,9-10H2,1H3,(H2,25,26,27)(H2,28,29,32). The van der Waals surface area contributed by atoms with Crippen LogP contribution in [0, 0.1) is 5.82 Å². The van der Waals surface area contributed by atoms with Crippen LogP contribution < -0.4 is 16.4 Å². The van der Waals surface area contributed by atoms with E-state index in [2.05, 4.69) is 30.3 Å². The highest BCUT2D eigenvalue weighted by Gasteiger charge is 2.38. The number of nitrogens with zero attached hydrogens (tertiary/aromatic N) is 4. The van der Waals surface area contributed by atoms with Gasteiger partial charge in [-0.3, -0.25) is 5.32 Å². The predicted molar refractivity (Wildman–Crippen MR) is 123 cm³/mol. The lowest BCUT2D eigenvalue weighted by molar-refractivity contribution is -0.0532. The fourth-order valence-corrected chi connectivity index (χ4v) is 4.18. The van der Waals surface area contributed by atoms with Crippen molar-refractivity contribution in [1.29, 1.82) is 0 Å². The van der Waals surface area contributed by atoms with Gasteiger partial charge >= 0.3 is 6.03 Å². The van der Waals surface area contributed by atoms with E-state index >= 15 is 0 Å². The quantitative estimate of drug-likeness (QED) is 0.406. The second kappa shape index (κ2) is 7.52. The summed E-state index contributed by atoms with van der Waals surface area (Å²) in [4.78, 5) is 20.9. The Morgan fingerprint density at radius 3 is 2.76 bits per heavy atom.